The molecule has 3 nitrogen and oxygen atoms in total. The van der Waals surface area contributed by atoms with Crippen LogP contribution < -0.4 is 5.32 Å². The van der Waals surface area contributed by atoms with Crippen LogP contribution in [0.1, 0.15) is 36.2 Å². The number of hydrogen-bond donors (Lipinski definition) is 1. The Kier molecular flexibility index (Phi) is 2.42. The topological polar surface area (TPSA) is 42.2 Å². The Balaban J connectivity index is 2.24. The molecule has 0 atom stereocenters. The van der Waals surface area contributed by atoms with Gasteiger partial charge in [-0.15, -0.1) is 0 Å². The third-order valence-electron chi connectivity index (χ3n) is 3.12. The molecule has 0 unspecified atom stereocenters. The second-order valence-electron chi connectivity index (χ2n) is 3.85. The van der Waals surface area contributed by atoms with E-state index in [1.807, 2.05) is 7.05 Å². The van der Waals surface area contributed by atoms with Gasteiger partial charge in [-0.2, -0.15) is 0 Å². The standard InChI is InChI=1S/C11H15NO2/c1-12-11(6-2-3-7-11)10(13)9-5-4-8-14-9/h4-5,8,12H,2-3,6-7H2,1H3. The van der Waals surface area contributed by atoms with Gasteiger partial charge in [-0.05, 0) is 32.0 Å². The average molecular weight is 193 g/mol. The summed E-state index contributed by atoms with van der Waals surface area (Å²) in [6, 6.07) is 3.49. The molecule has 3 heteroatoms. The van der Waals surface area contributed by atoms with Gasteiger partial charge in [0, 0.05) is 0 Å². The molecule has 0 spiro atoms. The van der Waals surface area contributed by atoms with E-state index < -0.39 is 0 Å². The largest absolute Gasteiger partial charge is 0.461 e. The van der Waals surface area contributed by atoms with Crippen molar-refractivity contribution in [3.8, 4) is 0 Å². The molecule has 0 aromatic carbocycles. The van der Waals surface area contributed by atoms with Crippen molar-refractivity contribution in [1.29, 1.82) is 0 Å². The third-order valence-corrected chi connectivity index (χ3v) is 3.12. The minimum Gasteiger partial charge on any atom is -0.461 e. The number of hydrogen-bond acceptors (Lipinski definition) is 3. The first-order valence-electron chi connectivity index (χ1n) is 5.06. The number of ketones is 1. The van der Waals surface area contributed by atoms with Crippen LogP contribution in [0.25, 0.3) is 0 Å². The summed E-state index contributed by atoms with van der Waals surface area (Å²) < 4.78 is 5.15. The number of likely N-dealkylation sites (N-methyl/N-ethyl adjacent to an activating group) is 1. The van der Waals surface area contributed by atoms with Crippen LogP contribution in [0.2, 0.25) is 0 Å². The molecule has 1 N–H and O–H groups in total. The maximum atomic E-state index is 12.1. The van der Waals surface area contributed by atoms with Crippen LogP contribution in [-0.2, 0) is 0 Å². The summed E-state index contributed by atoms with van der Waals surface area (Å²) in [7, 11) is 1.85. The molecule has 0 bridgehead atoms. The van der Waals surface area contributed by atoms with Gasteiger partial charge in [0.15, 0.2) is 5.76 Å². The van der Waals surface area contributed by atoms with Crippen molar-refractivity contribution in [3.63, 3.8) is 0 Å². The van der Waals surface area contributed by atoms with Gasteiger partial charge in [-0.3, -0.25) is 4.79 Å². The maximum absolute atomic E-state index is 12.1. The molecule has 1 aromatic heterocycles. The highest BCUT2D eigenvalue weighted by molar-refractivity contribution is 6.01. The summed E-state index contributed by atoms with van der Waals surface area (Å²) in [6.07, 6.45) is 5.62. The molecule has 0 radical (unpaired) electrons. The number of rotatable bonds is 3. The average Bonchev–Trinajstić information content (AvgIpc) is 2.89. The molecular formula is C11H15NO2. The molecular weight excluding hydrogens is 178 g/mol. The van der Waals surface area contributed by atoms with Gasteiger partial charge < -0.3 is 9.73 Å². The fourth-order valence-electron chi connectivity index (χ4n) is 2.21. The highest BCUT2D eigenvalue weighted by Gasteiger charge is 2.41. The molecule has 1 aliphatic rings. The minimum atomic E-state index is -0.363. The lowest BCUT2D eigenvalue weighted by atomic mass is 9.91. The zero-order chi connectivity index (χ0) is 10.0. The molecule has 2 rings (SSSR count). The van der Waals surface area contributed by atoms with Crippen LogP contribution in [0.4, 0.5) is 0 Å². The third kappa shape index (κ3) is 1.38. The Morgan fingerprint density at radius 3 is 2.71 bits per heavy atom. The van der Waals surface area contributed by atoms with Crippen molar-refractivity contribution in [2.75, 3.05) is 7.05 Å². The quantitative estimate of drug-likeness (QED) is 0.746. The summed E-state index contributed by atoms with van der Waals surface area (Å²) in [5.74, 6) is 0.573. The number of carbonyl (C=O) groups excluding carboxylic acids is 1. The van der Waals surface area contributed by atoms with Gasteiger partial charge in [0.1, 0.15) is 0 Å². The molecule has 1 aromatic rings. The Labute approximate surface area is 83.5 Å². The zero-order valence-electron chi connectivity index (χ0n) is 8.38. The van der Waals surface area contributed by atoms with E-state index in [9.17, 15) is 4.79 Å². The van der Waals surface area contributed by atoms with E-state index in [2.05, 4.69) is 5.32 Å². The summed E-state index contributed by atoms with van der Waals surface area (Å²) in [5, 5.41) is 3.16. The van der Waals surface area contributed by atoms with E-state index in [0.29, 0.717) is 5.76 Å². The lowest BCUT2D eigenvalue weighted by Crippen LogP contribution is -2.47. The smallest absolute Gasteiger partial charge is 0.217 e. The van der Waals surface area contributed by atoms with Crippen molar-refractivity contribution in [3.05, 3.63) is 24.2 Å². The van der Waals surface area contributed by atoms with E-state index >= 15 is 0 Å². The molecule has 1 aliphatic carbocycles. The van der Waals surface area contributed by atoms with E-state index in [1.54, 1.807) is 18.4 Å². The summed E-state index contributed by atoms with van der Waals surface area (Å²) in [4.78, 5) is 12.1. The Morgan fingerprint density at radius 2 is 2.21 bits per heavy atom. The first-order valence-corrected chi connectivity index (χ1v) is 5.06. The molecule has 1 saturated carbocycles. The van der Waals surface area contributed by atoms with Crippen LogP contribution >= 0.6 is 0 Å². The second-order valence-corrected chi connectivity index (χ2v) is 3.85. The maximum Gasteiger partial charge on any atom is 0.217 e. The lowest BCUT2D eigenvalue weighted by molar-refractivity contribution is 0.0833. The Hall–Kier alpha value is -1.09. The van der Waals surface area contributed by atoms with E-state index in [1.165, 1.54) is 0 Å². The molecule has 76 valence electrons. The highest BCUT2D eigenvalue weighted by Crippen LogP contribution is 2.32. The van der Waals surface area contributed by atoms with Gasteiger partial charge in [0.25, 0.3) is 0 Å². The molecule has 14 heavy (non-hydrogen) atoms. The first kappa shape index (κ1) is 9.46. The molecule has 0 aliphatic heterocycles. The molecule has 0 amide bonds. The number of nitrogens with one attached hydrogen (secondary N) is 1. The minimum absolute atomic E-state index is 0.0995. The number of furan rings is 1. The van der Waals surface area contributed by atoms with Gasteiger partial charge in [-0.25, -0.2) is 0 Å². The van der Waals surface area contributed by atoms with Crippen LogP contribution in [-0.4, -0.2) is 18.4 Å². The van der Waals surface area contributed by atoms with Crippen molar-refractivity contribution < 1.29 is 9.21 Å². The van der Waals surface area contributed by atoms with Crippen LogP contribution in [0.15, 0.2) is 22.8 Å². The van der Waals surface area contributed by atoms with Gasteiger partial charge >= 0.3 is 0 Å². The Bertz CT molecular complexity index is 310. The zero-order valence-corrected chi connectivity index (χ0v) is 8.38. The van der Waals surface area contributed by atoms with Crippen molar-refractivity contribution in [2.45, 2.75) is 31.2 Å². The first-order chi connectivity index (χ1) is 6.78. The van der Waals surface area contributed by atoms with Gasteiger partial charge in [-0.1, -0.05) is 12.8 Å². The summed E-state index contributed by atoms with van der Waals surface area (Å²) >= 11 is 0. The number of carbonyl (C=O) groups is 1. The van der Waals surface area contributed by atoms with E-state index in [0.717, 1.165) is 25.7 Å². The molecule has 1 fully saturated rings. The van der Waals surface area contributed by atoms with Crippen molar-refractivity contribution in [2.24, 2.45) is 0 Å². The second kappa shape index (κ2) is 3.58. The van der Waals surface area contributed by atoms with Crippen molar-refractivity contribution in [1.82, 2.24) is 5.32 Å². The monoisotopic (exact) mass is 193 g/mol. The van der Waals surface area contributed by atoms with E-state index in [4.69, 9.17) is 4.42 Å². The fourth-order valence-corrected chi connectivity index (χ4v) is 2.21. The van der Waals surface area contributed by atoms with Crippen LogP contribution in [0.3, 0.4) is 0 Å². The van der Waals surface area contributed by atoms with Crippen LogP contribution in [0, 0.1) is 0 Å². The predicted molar refractivity (Wildman–Crippen MR) is 53.3 cm³/mol. The molecule has 1 heterocycles. The normalized spacial score (nSPS) is 19.8. The highest BCUT2D eigenvalue weighted by atomic mass is 16.3. The van der Waals surface area contributed by atoms with Gasteiger partial charge in [0.2, 0.25) is 5.78 Å². The SMILES string of the molecule is CNC1(C(=O)c2ccco2)CCCC1. The summed E-state index contributed by atoms with van der Waals surface area (Å²) in [6.45, 7) is 0. The Morgan fingerprint density at radius 1 is 1.50 bits per heavy atom. The van der Waals surface area contributed by atoms with Gasteiger partial charge in [0.05, 0.1) is 11.8 Å². The van der Waals surface area contributed by atoms with E-state index in [-0.39, 0.29) is 11.3 Å². The predicted octanol–water partition coefficient (Wildman–Crippen LogP) is 1.99. The molecule has 0 saturated heterocycles. The van der Waals surface area contributed by atoms with Crippen molar-refractivity contribution >= 4 is 5.78 Å². The number of Topliss-reactive ketones (excluding diaryl/α,β-unsaturated/α-hetero) is 1. The fraction of sp³-hybridized carbons (Fsp3) is 0.545. The van der Waals surface area contributed by atoms with Crippen LogP contribution in [0.5, 0.6) is 0 Å². The summed E-state index contributed by atoms with van der Waals surface area (Å²) in [5.41, 5.74) is -0.363. The lowest BCUT2D eigenvalue weighted by Gasteiger charge is -2.25.